The summed E-state index contributed by atoms with van der Waals surface area (Å²) in [6, 6.07) is 6.21. The molecule has 5 nitrogen and oxygen atoms in total. The third-order valence-electron chi connectivity index (χ3n) is 3.20. The van der Waals surface area contributed by atoms with Gasteiger partial charge >= 0.3 is 5.97 Å². The number of ketones is 1. The van der Waals surface area contributed by atoms with Crippen LogP contribution in [0.4, 0.5) is 0 Å². The van der Waals surface area contributed by atoms with Crippen molar-refractivity contribution in [2.75, 3.05) is 0 Å². The number of aryl methyl sites for hydroxylation is 1. The van der Waals surface area contributed by atoms with Gasteiger partial charge in [0.2, 0.25) is 5.91 Å². The van der Waals surface area contributed by atoms with Crippen LogP contribution < -0.4 is 5.32 Å². The van der Waals surface area contributed by atoms with Gasteiger partial charge in [0.15, 0.2) is 5.78 Å². The Morgan fingerprint density at radius 1 is 1.10 bits per heavy atom. The molecule has 0 spiro atoms. The number of Topliss-reactive ketones (excluding diaryl/α,β-unsaturated/α-hetero) is 1. The summed E-state index contributed by atoms with van der Waals surface area (Å²) in [5.41, 5.74) is 1.62. The van der Waals surface area contributed by atoms with Crippen molar-refractivity contribution in [3.63, 3.8) is 0 Å². The monoisotopic (exact) mass is 291 g/mol. The molecule has 0 aliphatic rings. The van der Waals surface area contributed by atoms with Crippen molar-refractivity contribution >= 4 is 17.7 Å². The van der Waals surface area contributed by atoms with Gasteiger partial charge in [-0.3, -0.25) is 9.59 Å². The molecule has 1 rings (SSSR count). The van der Waals surface area contributed by atoms with Gasteiger partial charge < -0.3 is 10.4 Å². The second kappa shape index (κ2) is 7.57. The molecule has 1 unspecified atom stereocenters. The molecular weight excluding hydrogens is 270 g/mol. The summed E-state index contributed by atoms with van der Waals surface area (Å²) >= 11 is 0. The molecular formula is C16H21NO4. The number of aliphatic carboxylic acids is 1. The maximum Gasteiger partial charge on any atom is 0.326 e. The van der Waals surface area contributed by atoms with Crippen LogP contribution in [0.3, 0.4) is 0 Å². The highest BCUT2D eigenvalue weighted by Gasteiger charge is 2.23. The zero-order chi connectivity index (χ0) is 16.0. The van der Waals surface area contributed by atoms with Crippen LogP contribution >= 0.6 is 0 Å². The van der Waals surface area contributed by atoms with E-state index in [4.69, 9.17) is 5.11 Å². The van der Waals surface area contributed by atoms with Crippen LogP contribution in [0.1, 0.15) is 42.6 Å². The fourth-order valence-electron chi connectivity index (χ4n) is 1.87. The zero-order valence-corrected chi connectivity index (χ0v) is 12.6. The van der Waals surface area contributed by atoms with Crippen LogP contribution in [0.15, 0.2) is 24.3 Å². The Hall–Kier alpha value is -2.17. The third kappa shape index (κ3) is 5.38. The maximum absolute atomic E-state index is 11.9. The van der Waals surface area contributed by atoms with Crippen LogP contribution in [0.25, 0.3) is 0 Å². The average molecular weight is 291 g/mol. The molecule has 1 amide bonds. The molecule has 0 radical (unpaired) electrons. The molecule has 0 aliphatic heterocycles. The Bertz CT molecular complexity index is 520. The van der Waals surface area contributed by atoms with Crippen molar-refractivity contribution < 1.29 is 19.5 Å². The molecule has 0 saturated heterocycles. The second-order valence-corrected chi connectivity index (χ2v) is 5.42. The number of amides is 1. The molecule has 2 N–H and O–H groups in total. The zero-order valence-electron chi connectivity index (χ0n) is 12.6. The lowest BCUT2D eigenvalue weighted by Crippen LogP contribution is -2.44. The van der Waals surface area contributed by atoms with Crippen LogP contribution in [0, 0.1) is 12.8 Å². The highest BCUT2D eigenvalue weighted by atomic mass is 16.4. The van der Waals surface area contributed by atoms with E-state index < -0.39 is 17.9 Å². The minimum Gasteiger partial charge on any atom is -0.480 e. The maximum atomic E-state index is 11.9. The summed E-state index contributed by atoms with van der Waals surface area (Å²) in [5.74, 6) is -1.82. The summed E-state index contributed by atoms with van der Waals surface area (Å²) in [6.45, 7) is 5.37. The van der Waals surface area contributed by atoms with Crippen molar-refractivity contribution in [3.05, 3.63) is 35.4 Å². The molecule has 1 atom stereocenters. The first-order chi connectivity index (χ1) is 9.81. The minimum absolute atomic E-state index is 0.0107. The van der Waals surface area contributed by atoms with Crippen molar-refractivity contribution in [2.45, 2.75) is 39.7 Å². The fourth-order valence-corrected chi connectivity index (χ4v) is 1.87. The van der Waals surface area contributed by atoms with E-state index in [0.29, 0.717) is 5.56 Å². The van der Waals surface area contributed by atoms with Gasteiger partial charge in [-0.05, 0) is 12.8 Å². The first-order valence-electron chi connectivity index (χ1n) is 6.93. The van der Waals surface area contributed by atoms with Crippen molar-refractivity contribution in [1.82, 2.24) is 5.32 Å². The molecule has 0 bridgehead atoms. The molecule has 21 heavy (non-hydrogen) atoms. The van der Waals surface area contributed by atoms with Crippen molar-refractivity contribution in [1.29, 1.82) is 0 Å². The van der Waals surface area contributed by atoms with E-state index in [1.54, 1.807) is 26.0 Å². The number of hydrogen-bond donors (Lipinski definition) is 2. The van der Waals surface area contributed by atoms with E-state index in [9.17, 15) is 14.4 Å². The second-order valence-electron chi connectivity index (χ2n) is 5.42. The van der Waals surface area contributed by atoms with Gasteiger partial charge in [0.1, 0.15) is 6.04 Å². The molecule has 5 heteroatoms. The number of rotatable bonds is 7. The number of carbonyl (C=O) groups excluding carboxylic acids is 2. The molecule has 0 aliphatic carbocycles. The highest BCUT2D eigenvalue weighted by molar-refractivity contribution is 5.98. The van der Waals surface area contributed by atoms with Gasteiger partial charge in [0.25, 0.3) is 0 Å². The number of nitrogens with one attached hydrogen (secondary N) is 1. The first-order valence-corrected chi connectivity index (χ1v) is 6.93. The number of benzene rings is 1. The summed E-state index contributed by atoms with van der Waals surface area (Å²) in [7, 11) is 0. The predicted molar refractivity (Wildman–Crippen MR) is 79.1 cm³/mol. The largest absolute Gasteiger partial charge is 0.480 e. The van der Waals surface area contributed by atoms with Gasteiger partial charge in [0, 0.05) is 18.4 Å². The molecule has 1 aromatic carbocycles. The van der Waals surface area contributed by atoms with Gasteiger partial charge in [-0.15, -0.1) is 0 Å². The SMILES string of the molecule is Cc1ccc(C(=O)CCC(=O)NC(C(=O)O)C(C)C)cc1. The van der Waals surface area contributed by atoms with Gasteiger partial charge in [-0.2, -0.15) is 0 Å². The normalized spacial score (nSPS) is 12.0. The van der Waals surface area contributed by atoms with Gasteiger partial charge in [0.05, 0.1) is 0 Å². The topological polar surface area (TPSA) is 83.5 Å². The number of carboxylic acid groups (broad SMARTS) is 1. The number of carbonyl (C=O) groups is 3. The third-order valence-corrected chi connectivity index (χ3v) is 3.20. The van der Waals surface area contributed by atoms with Gasteiger partial charge in [-0.25, -0.2) is 4.79 Å². The lowest BCUT2D eigenvalue weighted by molar-refractivity contribution is -0.143. The van der Waals surface area contributed by atoms with Crippen LogP contribution in [0.2, 0.25) is 0 Å². The van der Waals surface area contributed by atoms with E-state index >= 15 is 0 Å². The molecule has 0 fully saturated rings. The summed E-state index contributed by atoms with van der Waals surface area (Å²) < 4.78 is 0. The van der Waals surface area contributed by atoms with Crippen LogP contribution in [-0.4, -0.2) is 28.8 Å². The number of carboxylic acids is 1. The smallest absolute Gasteiger partial charge is 0.326 e. The van der Waals surface area contributed by atoms with Crippen LogP contribution in [-0.2, 0) is 9.59 Å². The molecule has 0 heterocycles. The first kappa shape index (κ1) is 16.9. The van der Waals surface area contributed by atoms with E-state index in [2.05, 4.69) is 5.32 Å². The number of hydrogen-bond acceptors (Lipinski definition) is 3. The van der Waals surface area contributed by atoms with Crippen molar-refractivity contribution in [2.24, 2.45) is 5.92 Å². The molecule has 0 aromatic heterocycles. The Labute approximate surface area is 124 Å². The molecule has 114 valence electrons. The Morgan fingerprint density at radius 2 is 1.67 bits per heavy atom. The van der Waals surface area contributed by atoms with Crippen LogP contribution in [0.5, 0.6) is 0 Å². The Balaban J connectivity index is 2.51. The summed E-state index contributed by atoms with van der Waals surface area (Å²) in [5, 5.41) is 11.4. The Kier molecular flexibility index (Phi) is 6.09. The Morgan fingerprint density at radius 3 is 2.14 bits per heavy atom. The van der Waals surface area contributed by atoms with E-state index in [1.165, 1.54) is 0 Å². The average Bonchev–Trinajstić information content (AvgIpc) is 2.42. The van der Waals surface area contributed by atoms with E-state index in [-0.39, 0.29) is 24.5 Å². The standard InChI is InChI=1S/C16H21NO4/c1-10(2)15(16(20)21)17-14(19)9-8-13(18)12-6-4-11(3)5-7-12/h4-7,10,15H,8-9H2,1-3H3,(H,17,19)(H,20,21). The lowest BCUT2D eigenvalue weighted by Gasteiger charge is -2.17. The highest BCUT2D eigenvalue weighted by Crippen LogP contribution is 2.08. The predicted octanol–water partition coefficient (Wildman–Crippen LogP) is 2.18. The molecule has 1 aromatic rings. The van der Waals surface area contributed by atoms with E-state index in [0.717, 1.165) is 5.56 Å². The summed E-state index contributed by atoms with van der Waals surface area (Å²) in [4.78, 5) is 34.6. The molecule has 0 saturated carbocycles. The lowest BCUT2D eigenvalue weighted by atomic mass is 10.0. The van der Waals surface area contributed by atoms with Crippen molar-refractivity contribution in [3.8, 4) is 0 Å². The summed E-state index contributed by atoms with van der Waals surface area (Å²) in [6.07, 6.45) is 0.0581. The quantitative estimate of drug-likeness (QED) is 0.754. The fraction of sp³-hybridized carbons (Fsp3) is 0.438. The van der Waals surface area contributed by atoms with Gasteiger partial charge in [-0.1, -0.05) is 43.7 Å². The van der Waals surface area contributed by atoms with E-state index in [1.807, 2.05) is 19.1 Å². The minimum atomic E-state index is -1.07.